The molecule has 0 fully saturated rings. The third kappa shape index (κ3) is 1.88. The Labute approximate surface area is 107 Å². The number of pyridine rings is 1. The first-order valence-electron chi connectivity index (χ1n) is 6.16. The number of nitrogens with zero attached hydrogens (tertiary/aromatic N) is 1. The predicted octanol–water partition coefficient (Wildman–Crippen LogP) is 4.52. The Kier molecular flexibility index (Phi) is 2.60. The lowest BCUT2D eigenvalue weighted by molar-refractivity contribution is 1.22. The van der Waals surface area contributed by atoms with E-state index in [-0.39, 0.29) is 0 Å². The zero-order chi connectivity index (χ0) is 12.5. The molecule has 0 radical (unpaired) electrons. The third-order valence-electron chi connectivity index (χ3n) is 3.23. The standard InChI is InChI=1S/C17H15N/c1-12-5-3-6-14(9-12)16-8-4-7-15-11-18-13(2)10-17(15)16/h3-11H,1-2H3. The van der Waals surface area contributed by atoms with Crippen molar-refractivity contribution >= 4 is 10.8 Å². The molecule has 0 bridgehead atoms. The van der Waals surface area contributed by atoms with Crippen LogP contribution in [0.15, 0.2) is 54.7 Å². The summed E-state index contributed by atoms with van der Waals surface area (Å²) in [6, 6.07) is 17.2. The number of aryl methyl sites for hydroxylation is 2. The summed E-state index contributed by atoms with van der Waals surface area (Å²) in [5.41, 5.74) is 4.89. The molecule has 1 nitrogen and oxygen atoms in total. The minimum absolute atomic E-state index is 1.06. The van der Waals surface area contributed by atoms with E-state index in [1.165, 1.54) is 27.5 Å². The fourth-order valence-corrected chi connectivity index (χ4v) is 2.34. The van der Waals surface area contributed by atoms with E-state index >= 15 is 0 Å². The van der Waals surface area contributed by atoms with Gasteiger partial charge in [0.2, 0.25) is 0 Å². The SMILES string of the molecule is Cc1cccc(-c2cccc3cnc(C)cc23)c1. The van der Waals surface area contributed by atoms with Gasteiger partial charge in [0.25, 0.3) is 0 Å². The second kappa shape index (κ2) is 4.26. The van der Waals surface area contributed by atoms with Crippen molar-refractivity contribution in [2.75, 3.05) is 0 Å². The lowest BCUT2D eigenvalue weighted by Gasteiger charge is -2.08. The number of benzene rings is 2. The minimum atomic E-state index is 1.06. The zero-order valence-electron chi connectivity index (χ0n) is 10.6. The van der Waals surface area contributed by atoms with Crippen LogP contribution in [0.1, 0.15) is 11.3 Å². The highest BCUT2D eigenvalue weighted by atomic mass is 14.7. The maximum atomic E-state index is 4.36. The van der Waals surface area contributed by atoms with Crippen molar-refractivity contribution in [3.05, 3.63) is 66.0 Å². The number of hydrogen-bond acceptors (Lipinski definition) is 1. The van der Waals surface area contributed by atoms with Crippen LogP contribution in [-0.4, -0.2) is 4.98 Å². The monoisotopic (exact) mass is 233 g/mol. The van der Waals surface area contributed by atoms with Gasteiger partial charge in [0.1, 0.15) is 0 Å². The van der Waals surface area contributed by atoms with Crippen LogP contribution in [0.4, 0.5) is 0 Å². The largest absolute Gasteiger partial charge is 0.261 e. The molecule has 0 aliphatic heterocycles. The summed E-state index contributed by atoms with van der Waals surface area (Å²) >= 11 is 0. The van der Waals surface area contributed by atoms with Crippen molar-refractivity contribution in [2.24, 2.45) is 0 Å². The molecular weight excluding hydrogens is 218 g/mol. The van der Waals surface area contributed by atoms with E-state index in [0.29, 0.717) is 0 Å². The lowest BCUT2D eigenvalue weighted by Crippen LogP contribution is -1.85. The van der Waals surface area contributed by atoms with Gasteiger partial charge < -0.3 is 0 Å². The summed E-state index contributed by atoms with van der Waals surface area (Å²) < 4.78 is 0. The van der Waals surface area contributed by atoms with Crippen LogP contribution in [-0.2, 0) is 0 Å². The molecule has 88 valence electrons. The van der Waals surface area contributed by atoms with Gasteiger partial charge in [-0.1, -0.05) is 48.0 Å². The third-order valence-corrected chi connectivity index (χ3v) is 3.23. The van der Waals surface area contributed by atoms with Crippen LogP contribution in [0.3, 0.4) is 0 Å². The molecule has 0 aliphatic carbocycles. The van der Waals surface area contributed by atoms with Crippen molar-refractivity contribution < 1.29 is 0 Å². The Bertz CT molecular complexity index is 714. The van der Waals surface area contributed by atoms with Gasteiger partial charge in [0, 0.05) is 17.3 Å². The second-order valence-electron chi connectivity index (χ2n) is 4.72. The number of fused-ring (bicyclic) bond motifs is 1. The summed E-state index contributed by atoms with van der Waals surface area (Å²) in [5, 5.41) is 2.47. The first-order chi connectivity index (χ1) is 8.74. The summed E-state index contributed by atoms with van der Waals surface area (Å²) in [5.74, 6) is 0. The fraction of sp³-hybridized carbons (Fsp3) is 0.118. The van der Waals surface area contributed by atoms with Crippen LogP contribution in [0.25, 0.3) is 21.9 Å². The smallest absolute Gasteiger partial charge is 0.0379 e. The average molecular weight is 233 g/mol. The Morgan fingerprint density at radius 1 is 0.889 bits per heavy atom. The van der Waals surface area contributed by atoms with E-state index in [0.717, 1.165) is 5.69 Å². The molecule has 1 aromatic heterocycles. The van der Waals surface area contributed by atoms with Gasteiger partial charge in [0.05, 0.1) is 0 Å². The maximum absolute atomic E-state index is 4.36. The molecule has 0 unspecified atom stereocenters. The first kappa shape index (κ1) is 11.0. The number of rotatable bonds is 1. The molecular formula is C17H15N. The van der Waals surface area contributed by atoms with Crippen molar-refractivity contribution in [3.8, 4) is 11.1 Å². The van der Waals surface area contributed by atoms with Crippen LogP contribution in [0.5, 0.6) is 0 Å². The van der Waals surface area contributed by atoms with Gasteiger partial charge in [-0.2, -0.15) is 0 Å². The molecule has 3 aromatic rings. The van der Waals surface area contributed by atoms with E-state index in [1.807, 2.05) is 13.1 Å². The van der Waals surface area contributed by atoms with Crippen LogP contribution < -0.4 is 0 Å². The van der Waals surface area contributed by atoms with Gasteiger partial charge in [-0.15, -0.1) is 0 Å². The van der Waals surface area contributed by atoms with E-state index in [9.17, 15) is 0 Å². The zero-order valence-corrected chi connectivity index (χ0v) is 10.6. The van der Waals surface area contributed by atoms with E-state index < -0.39 is 0 Å². The van der Waals surface area contributed by atoms with Gasteiger partial charge in [-0.05, 0) is 36.4 Å². The highest BCUT2D eigenvalue weighted by Gasteiger charge is 2.04. The number of aromatic nitrogens is 1. The quantitative estimate of drug-likeness (QED) is 0.602. The van der Waals surface area contributed by atoms with Gasteiger partial charge in [-0.25, -0.2) is 0 Å². The van der Waals surface area contributed by atoms with Gasteiger partial charge in [0.15, 0.2) is 0 Å². The van der Waals surface area contributed by atoms with Crippen molar-refractivity contribution in [3.63, 3.8) is 0 Å². The first-order valence-corrected chi connectivity index (χ1v) is 6.16. The molecule has 18 heavy (non-hydrogen) atoms. The van der Waals surface area contributed by atoms with Crippen LogP contribution in [0, 0.1) is 13.8 Å². The molecule has 0 saturated heterocycles. The normalized spacial score (nSPS) is 10.8. The molecule has 0 amide bonds. The number of hydrogen-bond donors (Lipinski definition) is 0. The molecule has 1 heteroatoms. The molecule has 3 rings (SSSR count). The van der Waals surface area contributed by atoms with E-state index in [4.69, 9.17) is 0 Å². The van der Waals surface area contributed by atoms with E-state index in [2.05, 4.69) is 60.4 Å². The highest BCUT2D eigenvalue weighted by molar-refractivity contribution is 5.96. The molecule has 1 heterocycles. The Balaban J connectivity index is 2.32. The Morgan fingerprint density at radius 3 is 2.56 bits per heavy atom. The van der Waals surface area contributed by atoms with E-state index in [1.54, 1.807) is 0 Å². The fourth-order valence-electron chi connectivity index (χ4n) is 2.34. The molecule has 0 saturated carbocycles. The second-order valence-corrected chi connectivity index (χ2v) is 4.72. The molecule has 0 atom stereocenters. The summed E-state index contributed by atoms with van der Waals surface area (Å²) in [6.07, 6.45) is 1.95. The topological polar surface area (TPSA) is 12.9 Å². The maximum Gasteiger partial charge on any atom is 0.0379 e. The summed E-state index contributed by atoms with van der Waals surface area (Å²) in [6.45, 7) is 4.16. The summed E-state index contributed by atoms with van der Waals surface area (Å²) in [4.78, 5) is 4.36. The molecule has 0 aliphatic rings. The predicted molar refractivity (Wildman–Crippen MR) is 76.7 cm³/mol. The van der Waals surface area contributed by atoms with Crippen molar-refractivity contribution in [1.29, 1.82) is 0 Å². The Morgan fingerprint density at radius 2 is 1.72 bits per heavy atom. The molecule has 0 N–H and O–H groups in total. The molecule has 2 aromatic carbocycles. The van der Waals surface area contributed by atoms with Gasteiger partial charge in [-0.3, -0.25) is 4.98 Å². The molecule has 0 spiro atoms. The average Bonchev–Trinajstić information content (AvgIpc) is 2.38. The minimum Gasteiger partial charge on any atom is -0.261 e. The lowest BCUT2D eigenvalue weighted by atomic mass is 9.98. The van der Waals surface area contributed by atoms with Crippen molar-refractivity contribution in [2.45, 2.75) is 13.8 Å². The van der Waals surface area contributed by atoms with Crippen LogP contribution in [0.2, 0.25) is 0 Å². The summed E-state index contributed by atoms with van der Waals surface area (Å²) in [7, 11) is 0. The van der Waals surface area contributed by atoms with Gasteiger partial charge >= 0.3 is 0 Å². The van der Waals surface area contributed by atoms with Crippen molar-refractivity contribution in [1.82, 2.24) is 4.98 Å². The Hall–Kier alpha value is -2.15. The highest BCUT2D eigenvalue weighted by Crippen LogP contribution is 2.29. The van der Waals surface area contributed by atoms with Crippen LogP contribution >= 0.6 is 0 Å².